The van der Waals surface area contributed by atoms with Crippen molar-refractivity contribution in [2.75, 3.05) is 6.61 Å². The molecule has 29 aromatic rings. The summed E-state index contributed by atoms with van der Waals surface area (Å²) in [5.74, 6) is 0. The molecule has 0 radical (unpaired) electrons. The van der Waals surface area contributed by atoms with E-state index in [9.17, 15) is 0 Å². The third kappa shape index (κ3) is 1.64. The van der Waals surface area contributed by atoms with Crippen LogP contribution < -0.4 is 0 Å². The minimum absolute atomic E-state index is 0.221. The number of fused-ring (bicyclic) bond motifs is 1. The normalized spacial score (nSPS) is 24.9. The molecule has 0 amide bonds. The maximum Gasteiger partial charge on any atom is 0.158 e. The van der Waals surface area contributed by atoms with E-state index in [-0.39, 0.29) is 17.8 Å². The van der Waals surface area contributed by atoms with Crippen molar-refractivity contribution in [1.82, 2.24) is 0 Å². The van der Waals surface area contributed by atoms with E-state index in [1.807, 2.05) is 0 Å². The van der Waals surface area contributed by atoms with Crippen LogP contribution in [0.25, 0.3) is 291 Å². The van der Waals surface area contributed by atoms with Gasteiger partial charge in [-0.2, -0.15) is 0 Å². The summed E-state index contributed by atoms with van der Waals surface area (Å²) in [5.41, 5.74) is 8.87. The summed E-state index contributed by atoms with van der Waals surface area (Å²) >= 11 is 0. The van der Waals surface area contributed by atoms with E-state index >= 15 is 0 Å². The van der Waals surface area contributed by atoms with Crippen LogP contribution >= 0.6 is 0 Å². The number of hydrogen-bond donors (Lipinski definition) is 0. The quantitative estimate of drug-likeness (QED) is 0.161. The second-order valence-electron chi connectivity index (χ2n) is 27.7. The molecule has 6 aliphatic rings. The van der Waals surface area contributed by atoms with E-state index in [0.717, 1.165) is 32.3 Å². The van der Waals surface area contributed by atoms with Crippen LogP contribution in [-0.2, 0) is 26.7 Å². The zero-order chi connectivity index (χ0) is 44.6. The molecular formula is C73H16O2. The Morgan fingerprint density at radius 2 is 0.573 bits per heavy atom. The van der Waals surface area contributed by atoms with Gasteiger partial charge in [0.2, 0.25) is 0 Å². The molecule has 2 heteroatoms. The van der Waals surface area contributed by atoms with E-state index in [1.54, 1.807) is 313 Å². The van der Waals surface area contributed by atoms with E-state index in [4.69, 9.17) is 9.47 Å². The highest BCUT2D eigenvalue weighted by atomic mass is 16.7. The summed E-state index contributed by atoms with van der Waals surface area (Å²) in [7, 11) is 0. The first-order valence-electron chi connectivity index (χ1n) is 28.5. The minimum Gasteiger partial charge on any atom is -0.353 e. The van der Waals surface area contributed by atoms with E-state index in [0.29, 0.717) is 0 Å². The van der Waals surface area contributed by atoms with Gasteiger partial charge in [-0.15, -0.1) is 0 Å². The van der Waals surface area contributed by atoms with E-state index in [2.05, 4.69) is 24.3 Å². The minimum atomic E-state index is -0.506. The van der Waals surface area contributed by atoms with Gasteiger partial charge in [-0.05, 0) is 350 Å². The third-order valence-corrected chi connectivity index (χ3v) is 27.2. The molecule has 29 aromatic carbocycles. The molecule has 2 nitrogen and oxygen atoms in total. The molecule has 2 unspecified atom stereocenters. The Morgan fingerprint density at radius 3 is 0.853 bits per heavy atom. The maximum atomic E-state index is 8.35. The van der Waals surface area contributed by atoms with Crippen LogP contribution in [0.5, 0.6) is 0 Å². The van der Waals surface area contributed by atoms with Crippen LogP contribution in [0.4, 0.5) is 0 Å². The Labute approximate surface area is 411 Å². The van der Waals surface area contributed by atoms with Crippen LogP contribution in [0.3, 0.4) is 0 Å². The predicted octanol–water partition coefficient (Wildman–Crippen LogP) is 19.1. The highest BCUT2D eigenvalue weighted by Crippen LogP contribution is 2.87. The lowest BCUT2D eigenvalue weighted by molar-refractivity contribution is -0.208. The van der Waals surface area contributed by atoms with Gasteiger partial charge in [0, 0.05) is 12.0 Å². The Bertz CT molecular complexity index is 7370. The van der Waals surface area contributed by atoms with Crippen LogP contribution in [0.2, 0.25) is 0 Å². The van der Waals surface area contributed by atoms with E-state index < -0.39 is 5.41 Å². The molecule has 35 rings (SSSR count). The smallest absolute Gasteiger partial charge is 0.158 e. The van der Waals surface area contributed by atoms with Gasteiger partial charge >= 0.3 is 0 Å². The van der Waals surface area contributed by atoms with Crippen molar-refractivity contribution >= 4 is 291 Å². The average Bonchev–Trinajstić information content (AvgIpc) is 2.32. The monoisotopic (exact) mass is 924 g/mol. The van der Waals surface area contributed by atoms with Crippen LogP contribution in [0.15, 0.2) is 24.3 Å². The summed E-state index contributed by atoms with van der Waals surface area (Å²) in [5, 5.41) is 89.1. The Kier molecular flexibility index (Phi) is 2.62. The van der Waals surface area contributed by atoms with Crippen molar-refractivity contribution in [3.05, 3.63) is 57.6 Å². The maximum absolute atomic E-state index is 8.35. The molecule has 320 valence electrons. The summed E-state index contributed by atoms with van der Waals surface area (Å²) in [6, 6.07) is 9.81. The van der Waals surface area contributed by atoms with Gasteiger partial charge < -0.3 is 9.47 Å². The van der Waals surface area contributed by atoms with Crippen LogP contribution in [-0.4, -0.2) is 12.9 Å². The van der Waals surface area contributed by atoms with Gasteiger partial charge in [0.25, 0.3) is 0 Å². The summed E-state index contributed by atoms with van der Waals surface area (Å²) in [4.78, 5) is 0. The van der Waals surface area contributed by atoms with Crippen molar-refractivity contribution in [3.63, 3.8) is 0 Å². The molecule has 5 aliphatic carbocycles. The molecule has 2 atom stereocenters. The molecule has 1 saturated heterocycles. The first-order chi connectivity index (χ1) is 37.4. The van der Waals surface area contributed by atoms with E-state index in [1.165, 1.54) is 11.1 Å². The molecule has 1 fully saturated rings. The van der Waals surface area contributed by atoms with Gasteiger partial charge in [0.15, 0.2) is 6.29 Å². The van der Waals surface area contributed by atoms with Crippen molar-refractivity contribution in [1.29, 1.82) is 0 Å². The molecule has 0 saturated carbocycles. The zero-order valence-electron chi connectivity index (χ0n) is 38.8. The fourth-order valence-electron chi connectivity index (χ4n) is 26.9. The summed E-state index contributed by atoms with van der Waals surface area (Å²) in [6.07, 6.45) is 3.77. The second-order valence-corrected chi connectivity index (χ2v) is 27.7. The average molecular weight is 925 g/mol. The lowest BCUT2D eigenvalue weighted by atomic mass is 9.42. The highest BCUT2D eigenvalue weighted by Gasteiger charge is 2.74. The molecule has 1 heterocycles. The van der Waals surface area contributed by atoms with Crippen LogP contribution in [0, 0.1) is 0 Å². The molecule has 75 heavy (non-hydrogen) atoms. The van der Waals surface area contributed by atoms with Gasteiger partial charge in [-0.1, -0.05) is 24.3 Å². The Hall–Kier alpha value is -8.40. The molecule has 0 aromatic heterocycles. The van der Waals surface area contributed by atoms with Crippen molar-refractivity contribution in [2.45, 2.75) is 48.9 Å². The first kappa shape index (κ1) is 28.9. The number of hydrogen-bond acceptors (Lipinski definition) is 2. The fraction of sp³-hybridized carbons (Fsp3) is 0.123. The molecule has 2 spiro atoms. The van der Waals surface area contributed by atoms with Gasteiger partial charge in [-0.25, -0.2) is 0 Å². The second kappa shape index (κ2) is 6.80. The zero-order valence-corrected chi connectivity index (χ0v) is 38.8. The number of benzene rings is 19. The molecular weight excluding hydrogens is 909 g/mol. The summed E-state index contributed by atoms with van der Waals surface area (Å²) in [6.45, 7) is 0.780. The SMILES string of the molecule is c1ccc2c(c1)CC13c4c5c6c7c8c9c(c%10c%11c1c1c4c4c%12c5c5c6c6c8c8c%13c9c9c%10c%10c%11c%11c1c1c4c4c%12c%12c5c5c6c8c6c8c%13c9c9c%10c%10c%11c1c1c4c4c%12c5c6c5c8c9c%10c1c45)C73C2OC1CCCCO1. The lowest BCUT2D eigenvalue weighted by Crippen LogP contribution is -2.60. The molecule has 0 bridgehead atoms. The topological polar surface area (TPSA) is 18.5 Å². The van der Waals surface area contributed by atoms with Crippen molar-refractivity contribution < 1.29 is 9.47 Å². The first-order valence-corrected chi connectivity index (χ1v) is 28.5. The third-order valence-electron chi connectivity index (χ3n) is 27.2. The Balaban J connectivity index is 1.11. The predicted molar refractivity (Wildman–Crippen MR) is 311 cm³/mol. The number of ether oxygens (including phenoxy) is 2. The van der Waals surface area contributed by atoms with Crippen molar-refractivity contribution in [3.8, 4) is 0 Å². The molecule has 0 N–H and O–H groups in total. The summed E-state index contributed by atoms with van der Waals surface area (Å²) < 4.78 is 15.3. The number of rotatable bonds is 2. The standard InChI is InChI=1S/C73H16O2/c1-2-6-11-10(5-1)9-72-67-59-51-41-31-23-15-13-14-17-21-19(15)27-35-29(21)39-33-25(17)26-18(14)22-20-16(13)24(23)32-38-28(20)36-30(22)40-34(26)44-43(33)55-49(39)57-47(35)53(45(51)37(27)31)61(67)63(57)69-65(55)66-56(44)50(40)58-48(36)54-46(38)52(42(32)41)60(59)68(72)62(54)64(58)70(66)73(69,72)71(11)75-12-7-3-4-8-74-12/h1-2,5-6,12,71H,3-4,7-9H2. The van der Waals surface area contributed by atoms with Gasteiger partial charge in [0.05, 0.1) is 5.41 Å². The van der Waals surface area contributed by atoms with Gasteiger partial charge in [-0.3, -0.25) is 0 Å². The largest absolute Gasteiger partial charge is 0.353 e. The Morgan fingerprint density at radius 1 is 0.307 bits per heavy atom. The van der Waals surface area contributed by atoms with Gasteiger partial charge in [0.1, 0.15) is 6.10 Å². The van der Waals surface area contributed by atoms with Crippen LogP contribution in [0.1, 0.15) is 58.7 Å². The fourth-order valence-corrected chi connectivity index (χ4v) is 26.9. The molecule has 1 aliphatic heterocycles. The highest BCUT2D eigenvalue weighted by molar-refractivity contribution is 6.82. The lowest BCUT2D eigenvalue weighted by Gasteiger charge is -2.60. The van der Waals surface area contributed by atoms with Crippen molar-refractivity contribution in [2.24, 2.45) is 0 Å².